The molecule has 7 nitrogen and oxygen atoms in total. The van der Waals surface area contributed by atoms with Gasteiger partial charge in [-0.1, -0.05) is 30.0 Å². The number of hydrogen-bond acceptors (Lipinski definition) is 6. The highest BCUT2D eigenvalue weighted by molar-refractivity contribution is 7.98. The van der Waals surface area contributed by atoms with Crippen LogP contribution in [-0.2, 0) is 5.75 Å². The number of nitrogens with one attached hydrogen (secondary N) is 1. The zero-order valence-corrected chi connectivity index (χ0v) is 17.2. The fraction of sp³-hybridized carbons (Fsp3) is 0.400. The first-order valence-electron chi connectivity index (χ1n) is 9.45. The number of piperazine rings is 1. The van der Waals surface area contributed by atoms with Gasteiger partial charge < -0.3 is 10.2 Å². The number of hydrogen-bond donors (Lipinski definition) is 1. The summed E-state index contributed by atoms with van der Waals surface area (Å²) in [5, 5.41) is 8.59. The van der Waals surface area contributed by atoms with E-state index < -0.39 is 0 Å². The van der Waals surface area contributed by atoms with E-state index in [1.165, 1.54) is 11.8 Å². The number of thioether (sulfide) groups is 1. The summed E-state index contributed by atoms with van der Waals surface area (Å²) < 4.78 is 1.76. The summed E-state index contributed by atoms with van der Waals surface area (Å²) in [4.78, 5) is 23.9. The standard InChI is InChI=1S/C20H24N6OS/c1-13-10-15(3)26-19(22-13)23-20(24-26)28-12-16-6-4-5-7-17(16)18(27)25-9-8-21-14(2)11-25/h4-7,10,14,21H,8-9,11-12H2,1-3H3. The first kappa shape index (κ1) is 18.9. The van der Waals surface area contributed by atoms with Crippen molar-refractivity contribution >= 4 is 23.4 Å². The van der Waals surface area contributed by atoms with E-state index in [-0.39, 0.29) is 5.91 Å². The summed E-state index contributed by atoms with van der Waals surface area (Å²) in [7, 11) is 0. The van der Waals surface area contributed by atoms with Crippen LogP contribution in [0, 0.1) is 13.8 Å². The van der Waals surface area contributed by atoms with Gasteiger partial charge in [0.05, 0.1) is 0 Å². The van der Waals surface area contributed by atoms with Crippen molar-refractivity contribution in [3.8, 4) is 0 Å². The zero-order chi connectivity index (χ0) is 19.7. The van der Waals surface area contributed by atoms with E-state index in [2.05, 4.69) is 27.3 Å². The van der Waals surface area contributed by atoms with Gasteiger partial charge in [-0.25, -0.2) is 9.50 Å². The third-order valence-electron chi connectivity index (χ3n) is 4.86. The second kappa shape index (κ2) is 7.89. The Hall–Kier alpha value is -2.45. The molecule has 8 heteroatoms. The fourth-order valence-electron chi connectivity index (χ4n) is 3.49. The number of aryl methyl sites for hydroxylation is 2. The summed E-state index contributed by atoms with van der Waals surface area (Å²) >= 11 is 1.53. The summed E-state index contributed by atoms with van der Waals surface area (Å²) in [5.74, 6) is 1.35. The van der Waals surface area contributed by atoms with Gasteiger partial charge in [-0.05, 0) is 38.5 Å². The van der Waals surface area contributed by atoms with Crippen molar-refractivity contribution in [1.82, 2.24) is 29.8 Å². The highest BCUT2D eigenvalue weighted by atomic mass is 32.2. The van der Waals surface area contributed by atoms with Crippen molar-refractivity contribution in [2.24, 2.45) is 0 Å². The van der Waals surface area contributed by atoms with E-state index in [1.807, 2.05) is 49.1 Å². The molecule has 28 heavy (non-hydrogen) atoms. The molecule has 1 atom stereocenters. The minimum absolute atomic E-state index is 0.0978. The van der Waals surface area contributed by atoms with Crippen molar-refractivity contribution in [1.29, 1.82) is 0 Å². The molecule has 0 bridgehead atoms. The lowest BCUT2D eigenvalue weighted by atomic mass is 10.1. The molecular weight excluding hydrogens is 372 g/mol. The monoisotopic (exact) mass is 396 g/mol. The predicted octanol–water partition coefficient (Wildman–Crippen LogP) is 2.47. The highest BCUT2D eigenvalue weighted by Gasteiger charge is 2.23. The van der Waals surface area contributed by atoms with Crippen LogP contribution < -0.4 is 5.32 Å². The van der Waals surface area contributed by atoms with Gasteiger partial charge in [0.2, 0.25) is 5.16 Å². The number of carbonyl (C=O) groups excluding carboxylic acids is 1. The predicted molar refractivity (Wildman–Crippen MR) is 110 cm³/mol. The first-order chi connectivity index (χ1) is 13.5. The molecule has 0 spiro atoms. The Balaban J connectivity index is 1.53. The molecule has 2 aromatic heterocycles. The van der Waals surface area contributed by atoms with Gasteiger partial charge in [-0.15, -0.1) is 5.10 Å². The Labute approximate surface area is 168 Å². The summed E-state index contributed by atoms with van der Waals surface area (Å²) in [6.07, 6.45) is 0. The molecule has 0 aliphatic carbocycles. The number of fused-ring (bicyclic) bond motifs is 1. The quantitative estimate of drug-likeness (QED) is 0.683. The second-order valence-electron chi connectivity index (χ2n) is 7.20. The molecule has 4 rings (SSSR count). The molecule has 1 N–H and O–H groups in total. The minimum atomic E-state index is 0.0978. The maximum absolute atomic E-state index is 13.0. The van der Waals surface area contributed by atoms with Gasteiger partial charge in [-0.3, -0.25) is 4.79 Å². The first-order valence-corrected chi connectivity index (χ1v) is 10.4. The van der Waals surface area contributed by atoms with Crippen LogP contribution in [0.3, 0.4) is 0 Å². The molecule has 1 fully saturated rings. The smallest absolute Gasteiger partial charge is 0.254 e. The number of rotatable bonds is 4. The molecule has 1 saturated heterocycles. The van der Waals surface area contributed by atoms with Crippen LogP contribution in [0.5, 0.6) is 0 Å². The number of carbonyl (C=O) groups is 1. The highest BCUT2D eigenvalue weighted by Crippen LogP contribution is 2.24. The third-order valence-corrected chi connectivity index (χ3v) is 5.75. The average Bonchev–Trinajstić information content (AvgIpc) is 3.09. The van der Waals surface area contributed by atoms with E-state index in [0.717, 1.165) is 42.1 Å². The van der Waals surface area contributed by atoms with Crippen molar-refractivity contribution in [2.45, 2.75) is 37.7 Å². The lowest BCUT2D eigenvalue weighted by molar-refractivity contribution is 0.0708. The van der Waals surface area contributed by atoms with Gasteiger partial charge in [0, 0.05) is 48.4 Å². The molecule has 0 radical (unpaired) electrons. The summed E-state index contributed by atoms with van der Waals surface area (Å²) in [6.45, 7) is 8.36. The molecular formula is C20H24N6OS. The number of nitrogens with zero attached hydrogens (tertiary/aromatic N) is 5. The normalized spacial score (nSPS) is 17.2. The maximum atomic E-state index is 13.0. The van der Waals surface area contributed by atoms with Crippen LogP contribution >= 0.6 is 11.8 Å². The lowest BCUT2D eigenvalue weighted by Crippen LogP contribution is -2.51. The van der Waals surface area contributed by atoms with Gasteiger partial charge in [0.25, 0.3) is 11.7 Å². The molecule has 1 aliphatic heterocycles. The topological polar surface area (TPSA) is 75.4 Å². The van der Waals surface area contributed by atoms with E-state index in [4.69, 9.17) is 0 Å². The minimum Gasteiger partial charge on any atom is -0.336 e. The Morgan fingerprint density at radius 3 is 2.93 bits per heavy atom. The van der Waals surface area contributed by atoms with Gasteiger partial charge in [-0.2, -0.15) is 4.98 Å². The van der Waals surface area contributed by atoms with Crippen molar-refractivity contribution in [3.05, 3.63) is 52.8 Å². The maximum Gasteiger partial charge on any atom is 0.254 e. The fourth-order valence-corrected chi connectivity index (χ4v) is 4.32. The SMILES string of the molecule is Cc1cc(C)n2nc(SCc3ccccc3C(=O)N3CCNC(C)C3)nc2n1. The van der Waals surface area contributed by atoms with Crippen molar-refractivity contribution in [2.75, 3.05) is 19.6 Å². The Bertz CT molecular complexity index is 1020. The molecule has 146 valence electrons. The van der Waals surface area contributed by atoms with E-state index in [0.29, 0.717) is 22.7 Å². The average molecular weight is 397 g/mol. The third kappa shape index (κ3) is 3.88. The number of benzene rings is 1. The second-order valence-corrected chi connectivity index (χ2v) is 8.14. The Morgan fingerprint density at radius 2 is 2.11 bits per heavy atom. The summed E-state index contributed by atoms with van der Waals surface area (Å²) in [6, 6.07) is 10.1. The lowest BCUT2D eigenvalue weighted by Gasteiger charge is -2.32. The van der Waals surface area contributed by atoms with Crippen molar-refractivity contribution in [3.63, 3.8) is 0 Å². The number of aromatic nitrogens is 4. The van der Waals surface area contributed by atoms with Crippen LogP contribution in [0.2, 0.25) is 0 Å². The van der Waals surface area contributed by atoms with E-state index in [1.54, 1.807) is 4.52 Å². The van der Waals surface area contributed by atoms with E-state index in [9.17, 15) is 4.79 Å². The van der Waals surface area contributed by atoms with E-state index >= 15 is 0 Å². The van der Waals surface area contributed by atoms with Gasteiger partial charge >= 0.3 is 0 Å². The zero-order valence-electron chi connectivity index (χ0n) is 16.3. The molecule has 3 aromatic rings. The number of amides is 1. The van der Waals surface area contributed by atoms with Crippen LogP contribution in [0.1, 0.15) is 34.2 Å². The Morgan fingerprint density at radius 1 is 1.29 bits per heavy atom. The summed E-state index contributed by atoms with van der Waals surface area (Å²) in [5.41, 5.74) is 3.70. The van der Waals surface area contributed by atoms with Crippen LogP contribution in [0.4, 0.5) is 0 Å². The van der Waals surface area contributed by atoms with Crippen LogP contribution in [0.25, 0.3) is 5.78 Å². The molecule has 0 saturated carbocycles. The molecule has 1 aliphatic rings. The molecule has 1 amide bonds. The molecule has 1 unspecified atom stereocenters. The largest absolute Gasteiger partial charge is 0.336 e. The van der Waals surface area contributed by atoms with Gasteiger partial charge in [0.15, 0.2) is 0 Å². The molecule has 3 heterocycles. The van der Waals surface area contributed by atoms with Crippen LogP contribution in [0.15, 0.2) is 35.5 Å². The molecule has 1 aromatic carbocycles. The van der Waals surface area contributed by atoms with Crippen LogP contribution in [-0.4, -0.2) is 56.1 Å². The Kier molecular flexibility index (Phi) is 5.32. The van der Waals surface area contributed by atoms with Gasteiger partial charge in [0.1, 0.15) is 0 Å². The van der Waals surface area contributed by atoms with Crippen molar-refractivity contribution < 1.29 is 4.79 Å².